The van der Waals surface area contributed by atoms with Crippen LogP contribution in [0.5, 0.6) is 11.5 Å². The van der Waals surface area contributed by atoms with Crippen LogP contribution in [-0.2, 0) is 9.59 Å². The lowest BCUT2D eigenvalue weighted by atomic mass is 10.3. The Bertz CT molecular complexity index is 846. The van der Waals surface area contributed by atoms with Crippen LogP contribution in [0.4, 0.5) is 5.69 Å². The Hall–Kier alpha value is -2.38. The highest BCUT2D eigenvalue weighted by molar-refractivity contribution is 8.00. The van der Waals surface area contributed by atoms with Gasteiger partial charge < -0.3 is 19.7 Å². The highest BCUT2D eigenvalue weighted by Gasteiger charge is 2.16. The molecule has 1 heterocycles. The van der Waals surface area contributed by atoms with Gasteiger partial charge in [-0.25, -0.2) is 0 Å². The molecule has 2 amide bonds. The van der Waals surface area contributed by atoms with E-state index in [9.17, 15) is 9.59 Å². The number of nitrogens with one attached hydrogen (secondary N) is 1. The summed E-state index contributed by atoms with van der Waals surface area (Å²) >= 11 is 7.40. The Kier molecular flexibility index (Phi) is 6.47. The first-order valence-electron chi connectivity index (χ1n) is 8.34. The van der Waals surface area contributed by atoms with Crippen molar-refractivity contribution in [2.24, 2.45) is 0 Å². The third-order valence-corrected chi connectivity index (χ3v) is 5.14. The van der Waals surface area contributed by atoms with Crippen LogP contribution >= 0.6 is 23.4 Å². The fourth-order valence-electron chi connectivity index (χ4n) is 2.42. The van der Waals surface area contributed by atoms with Crippen molar-refractivity contribution in [2.45, 2.75) is 4.90 Å². The number of hydrogen-bond donors (Lipinski definition) is 1. The number of benzene rings is 2. The van der Waals surface area contributed by atoms with E-state index < -0.39 is 0 Å². The molecular formula is C19H19ClN2O4S. The molecule has 2 aromatic rings. The van der Waals surface area contributed by atoms with E-state index in [1.807, 2.05) is 18.2 Å². The topological polar surface area (TPSA) is 67.9 Å². The lowest BCUT2D eigenvalue weighted by Crippen LogP contribution is -2.36. The normalized spacial score (nSPS) is 12.4. The number of likely N-dealkylation sites (N-methyl/N-ethyl adjacent to an activating group) is 1. The Morgan fingerprint density at radius 1 is 1.15 bits per heavy atom. The summed E-state index contributed by atoms with van der Waals surface area (Å²) in [7, 11) is 1.60. The molecule has 3 rings (SSSR count). The molecule has 2 aromatic carbocycles. The third-order valence-electron chi connectivity index (χ3n) is 3.83. The minimum Gasteiger partial charge on any atom is -0.486 e. The van der Waals surface area contributed by atoms with E-state index in [0.717, 1.165) is 4.90 Å². The van der Waals surface area contributed by atoms with Gasteiger partial charge in [0.05, 0.1) is 23.0 Å². The molecule has 0 atom stereocenters. The summed E-state index contributed by atoms with van der Waals surface area (Å²) in [6.45, 7) is 1.01. The zero-order valence-corrected chi connectivity index (χ0v) is 16.3. The van der Waals surface area contributed by atoms with E-state index in [0.29, 0.717) is 35.4 Å². The summed E-state index contributed by atoms with van der Waals surface area (Å²) in [4.78, 5) is 26.7. The van der Waals surface area contributed by atoms with Gasteiger partial charge in [0.1, 0.15) is 13.2 Å². The monoisotopic (exact) mass is 406 g/mol. The van der Waals surface area contributed by atoms with Crippen LogP contribution in [0.25, 0.3) is 0 Å². The molecule has 0 fully saturated rings. The summed E-state index contributed by atoms with van der Waals surface area (Å²) in [5, 5.41) is 3.15. The fourth-order valence-corrected chi connectivity index (χ4v) is 3.47. The largest absolute Gasteiger partial charge is 0.486 e. The van der Waals surface area contributed by atoms with Gasteiger partial charge in [0.15, 0.2) is 11.5 Å². The highest BCUT2D eigenvalue weighted by atomic mass is 35.5. The number of thioether (sulfide) groups is 1. The Balaban J connectivity index is 1.49. The zero-order valence-electron chi connectivity index (χ0n) is 14.7. The minimum atomic E-state index is -0.303. The van der Waals surface area contributed by atoms with Crippen molar-refractivity contribution in [2.75, 3.05) is 37.9 Å². The van der Waals surface area contributed by atoms with Crippen LogP contribution in [0, 0.1) is 0 Å². The van der Waals surface area contributed by atoms with Crippen LogP contribution in [-0.4, -0.2) is 49.3 Å². The number of hydrogen-bond acceptors (Lipinski definition) is 5. The van der Waals surface area contributed by atoms with Crippen LogP contribution < -0.4 is 14.8 Å². The SMILES string of the molecule is CN(CC(=O)Nc1ccccc1Cl)C(=O)CSc1ccc2c(c1)OCCO2. The van der Waals surface area contributed by atoms with Gasteiger partial charge in [0.2, 0.25) is 11.8 Å². The van der Waals surface area contributed by atoms with Gasteiger partial charge in [0, 0.05) is 11.9 Å². The van der Waals surface area contributed by atoms with Crippen LogP contribution in [0.3, 0.4) is 0 Å². The summed E-state index contributed by atoms with van der Waals surface area (Å²) < 4.78 is 11.0. The minimum absolute atomic E-state index is 0.0498. The van der Waals surface area contributed by atoms with Gasteiger partial charge in [-0.1, -0.05) is 23.7 Å². The molecule has 142 valence electrons. The zero-order chi connectivity index (χ0) is 19.2. The first-order chi connectivity index (χ1) is 13.0. The number of ether oxygens (including phenoxy) is 2. The van der Waals surface area contributed by atoms with Crippen molar-refractivity contribution in [3.63, 3.8) is 0 Å². The van der Waals surface area contributed by atoms with Crippen LogP contribution in [0.1, 0.15) is 0 Å². The second kappa shape index (κ2) is 9.01. The van der Waals surface area contributed by atoms with Gasteiger partial charge in [0.25, 0.3) is 0 Å². The standard InChI is InChI=1S/C19H19ClN2O4S/c1-22(11-18(23)21-15-5-3-2-4-14(15)20)19(24)12-27-13-6-7-16-17(10-13)26-9-8-25-16/h2-7,10H,8-9,11-12H2,1H3,(H,21,23). The number of halogens is 1. The number of para-hydroxylation sites is 1. The van der Waals surface area contributed by atoms with Crippen molar-refractivity contribution < 1.29 is 19.1 Å². The van der Waals surface area contributed by atoms with Gasteiger partial charge in [-0.3, -0.25) is 9.59 Å². The number of carbonyl (C=O) groups excluding carboxylic acids is 2. The molecule has 0 saturated heterocycles. The number of carbonyl (C=O) groups is 2. The first kappa shape index (κ1) is 19.4. The Morgan fingerprint density at radius 3 is 2.67 bits per heavy atom. The van der Waals surface area contributed by atoms with Crippen molar-refractivity contribution in [3.05, 3.63) is 47.5 Å². The van der Waals surface area contributed by atoms with E-state index in [1.165, 1.54) is 16.7 Å². The second-order valence-electron chi connectivity index (χ2n) is 5.87. The van der Waals surface area contributed by atoms with Gasteiger partial charge in [-0.15, -0.1) is 11.8 Å². The average molecular weight is 407 g/mol. The van der Waals surface area contributed by atoms with Crippen molar-refractivity contribution in [1.82, 2.24) is 4.90 Å². The molecule has 0 saturated carbocycles. The number of fused-ring (bicyclic) bond motifs is 1. The number of anilines is 1. The molecule has 8 heteroatoms. The maximum absolute atomic E-state index is 12.3. The van der Waals surface area contributed by atoms with Crippen molar-refractivity contribution in [1.29, 1.82) is 0 Å². The van der Waals surface area contributed by atoms with Gasteiger partial charge in [-0.2, -0.15) is 0 Å². The molecule has 0 bridgehead atoms. The first-order valence-corrected chi connectivity index (χ1v) is 9.70. The molecule has 0 radical (unpaired) electrons. The van der Waals surface area contributed by atoms with E-state index >= 15 is 0 Å². The van der Waals surface area contributed by atoms with E-state index in [1.54, 1.807) is 31.3 Å². The lowest BCUT2D eigenvalue weighted by molar-refractivity contribution is -0.131. The van der Waals surface area contributed by atoms with Crippen LogP contribution in [0.2, 0.25) is 5.02 Å². The second-order valence-corrected chi connectivity index (χ2v) is 7.33. The van der Waals surface area contributed by atoms with Crippen molar-refractivity contribution in [3.8, 4) is 11.5 Å². The van der Waals surface area contributed by atoms with E-state index in [2.05, 4.69) is 5.32 Å². The molecule has 0 aliphatic carbocycles. The fraction of sp³-hybridized carbons (Fsp3) is 0.263. The molecule has 1 aliphatic heterocycles. The number of amides is 2. The Labute approximate surface area is 166 Å². The van der Waals surface area contributed by atoms with Crippen molar-refractivity contribution >= 4 is 40.9 Å². The number of rotatable bonds is 6. The molecule has 6 nitrogen and oxygen atoms in total. The molecule has 0 aromatic heterocycles. The molecule has 0 spiro atoms. The molecular weight excluding hydrogens is 388 g/mol. The summed E-state index contributed by atoms with van der Waals surface area (Å²) in [5.41, 5.74) is 0.524. The third kappa shape index (κ3) is 5.30. The average Bonchev–Trinajstić information content (AvgIpc) is 2.67. The molecule has 1 aliphatic rings. The molecule has 0 unspecified atom stereocenters. The van der Waals surface area contributed by atoms with Gasteiger partial charge >= 0.3 is 0 Å². The van der Waals surface area contributed by atoms with E-state index in [-0.39, 0.29) is 24.1 Å². The Morgan fingerprint density at radius 2 is 1.89 bits per heavy atom. The van der Waals surface area contributed by atoms with E-state index in [4.69, 9.17) is 21.1 Å². The lowest BCUT2D eigenvalue weighted by Gasteiger charge is -2.19. The molecule has 1 N–H and O–H groups in total. The molecule has 27 heavy (non-hydrogen) atoms. The highest BCUT2D eigenvalue weighted by Crippen LogP contribution is 2.34. The smallest absolute Gasteiger partial charge is 0.244 e. The van der Waals surface area contributed by atoms with Gasteiger partial charge in [-0.05, 0) is 30.3 Å². The van der Waals surface area contributed by atoms with Crippen LogP contribution in [0.15, 0.2) is 47.4 Å². The predicted molar refractivity (Wildman–Crippen MR) is 106 cm³/mol. The summed E-state index contributed by atoms with van der Waals surface area (Å²) in [6, 6.07) is 12.5. The maximum Gasteiger partial charge on any atom is 0.244 e. The summed E-state index contributed by atoms with van der Waals surface area (Å²) in [5.74, 6) is 1.17. The predicted octanol–water partition coefficient (Wildman–Crippen LogP) is 3.30. The maximum atomic E-state index is 12.3. The summed E-state index contributed by atoms with van der Waals surface area (Å²) in [6.07, 6.45) is 0. The quantitative estimate of drug-likeness (QED) is 0.745. The number of nitrogens with zero attached hydrogens (tertiary/aromatic N) is 1.